The van der Waals surface area contributed by atoms with Crippen molar-refractivity contribution < 1.29 is 9.90 Å². The van der Waals surface area contributed by atoms with Gasteiger partial charge in [0.25, 0.3) is 0 Å². The van der Waals surface area contributed by atoms with Gasteiger partial charge in [-0.3, -0.25) is 0 Å². The van der Waals surface area contributed by atoms with E-state index in [9.17, 15) is 4.79 Å². The Morgan fingerprint density at radius 2 is 2.62 bits per heavy atom. The van der Waals surface area contributed by atoms with Crippen molar-refractivity contribution in [2.24, 2.45) is 0 Å². The molecule has 1 atom stereocenters. The molecule has 1 aromatic rings. The van der Waals surface area contributed by atoms with Crippen LogP contribution in [0.1, 0.15) is 23.0 Å². The van der Waals surface area contributed by atoms with E-state index in [1.54, 1.807) is 4.68 Å². The normalized spacial score (nSPS) is 22.0. The largest absolute Gasteiger partial charge is 0.476 e. The number of thioether (sulfide) groups is 1. The lowest BCUT2D eigenvalue weighted by Gasteiger charge is -2.05. The molecule has 5 nitrogen and oxygen atoms in total. The van der Waals surface area contributed by atoms with E-state index in [1.807, 2.05) is 11.8 Å². The predicted octanol–water partition coefficient (Wildman–Crippen LogP) is 0.654. The Labute approximate surface area is 79.1 Å². The van der Waals surface area contributed by atoms with Crippen molar-refractivity contribution in [3.05, 3.63) is 11.9 Å². The molecule has 0 unspecified atom stereocenters. The van der Waals surface area contributed by atoms with E-state index in [0.29, 0.717) is 6.04 Å². The van der Waals surface area contributed by atoms with Crippen molar-refractivity contribution in [2.45, 2.75) is 12.5 Å². The van der Waals surface area contributed by atoms with Crippen LogP contribution in [-0.2, 0) is 0 Å². The van der Waals surface area contributed by atoms with Crippen LogP contribution in [0, 0.1) is 0 Å². The van der Waals surface area contributed by atoms with Gasteiger partial charge in [-0.2, -0.15) is 11.8 Å². The molecular weight excluding hydrogens is 190 g/mol. The Morgan fingerprint density at radius 1 is 1.77 bits per heavy atom. The number of carboxylic acids is 1. The maximum Gasteiger partial charge on any atom is 0.358 e. The molecule has 1 saturated heterocycles. The highest BCUT2D eigenvalue weighted by molar-refractivity contribution is 7.99. The summed E-state index contributed by atoms with van der Waals surface area (Å²) in [5.74, 6) is 1.10. The molecule has 0 spiro atoms. The van der Waals surface area contributed by atoms with Gasteiger partial charge in [0.1, 0.15) is 0 Å². The monoisotopic (exact) mass is 199 g/mol. The van der Waals surface area contributed by atoms with Gasteiger partial charge < -0.3 is 5.11 Å². The number of aromatic carboxylic acids is 1. The third kappa shape index (κ3) is 1.67. The van der Waals surface area contributed by atoms with E-state index in [4.69, 9.17) is 5.11 Å². The van der Waals surface area contributed by atoms with E-state index >= 15 is 0 Å². The summed E-state index contributed by atoms with van der Waals surface area (Å²) in [6.07, 6.45) is 2.55. The maximum absolute atomic E-state index is 10.5. The molecule has 1 aliphatic heterocycles. The predicted molar refractivity (Wildman–Crippen MR) is 48.0 cm³/mol. The molecule has 0 amide bonds. The third-order valence-electron chi connectivity index (χ3n) is 2.01. The Balaban J connectivity index is 2.16. The Bertz CT molecular complexity index is 319. The minimum atomic E-state index is -1.02. The van der Waals surface area contributed by atoms with E-state index in [2.05, 4.69) is 10.3 Å². The molecule has 0 aromatic carbocycles. The minimum absolute atomic E-state index is 0.0249. The van der Waals surface area contributed by atoms with Crippen LogP contribution >= 0.6 is 11.8 Å². The second-order valence-corrected chi connectivity index (χ2v) is 4.06. The second kappa shape index (κ2) is 3.37. The summed E-state index contributed by atoms with van der Waals surface area (Å²) < 4.78 is 1.66. The molecule has 6 heteroatoms. The Hall–Kier alpha value is -1.04. The summed E-state index contributed by atoms with van der Waals surface area (Å²) in [4.78, 5) is 10.5. The lowest BCUT2D eigenvalue weighted by atomic mass is 10.3. The van der Waals surface area contributed by atoms with Crippen molar-refractivity contribution in [3.8, 4) is 0 Å². The molecule has 0 radical (unpaired) electrons. The fourth-order valence-electron chi connectivity index (χ4n) is 1.28. The van der Waals surface area contributed by atoms with Crippen molar-refractivity contribution in [1.29, 1.82) is 0 Å². The highest BCUT2D eigenvalue weighted by Gasteiger charge is 2.19. The maximum atomic E-state index is 10.5. The van der Waals surface area contributed by atoms with Crippen LogP contribution in [0.5, 0.6) is 0 Å². The lowest BCUT2D eigenvalue weighted by Crippen LogP contribution is -2.08. The first kappa shape index (κ1) is 8.55. The molecule has 0 aliphatic carbocycles. The minimum Gasteiger partial charge on any atom is -0.476 e. The van der Waals surface area contributed by atoms with E-state index < -0.39 is 5.97 Å². The zero-order valence-corrected chi connectivity index (χ0v) is 7.70. The first-order chi connectivity index (χ1) is 6.27. The second-order valence-electron chi connectivity index (χ2n) is 2.91. The zero-order valence-electron chi connectivity index (χ0n) is 6.88. The highest BCUT2D eigenvalue weighted by atomic mass is 32.2. The molecule has 1 aromatic heterocycles. The van der Waals surface area contributed by atoms with Crippen LogP contribution < -0.4 is 0 Å². The smallest absolute Gasteiger partial charge is 0.358 e. The van der Waals surface area contributed by atoms with Gasteiger partial charge >= 0.3 is 5.97 Å². The van der Waals surface area contributed by atoms with Crippen molar-refractivity contribution >= 4 is 17.7 Å². The molecule has 2 heterocycles. The molecule has 1 N–H and O–H groups in total. The van der Waals surface area contributed by atoms with Crippen molar-refractivity contribution in [3.63, 3.8) is 0 Å². The topological polar surface area (TPSA) is 68.0 Å². The third-order valence-corrected chi connectivity index (χ3v) is 3.15. The number of aromatic nitrogens is 3. The standard InChI is InChI=1S/C7H9N3O2S/c11-7(12)6-3-10(9-8-6)5-1-2-13-4-5/h3,5H,1-2,4H2,(H,11,12)/t5-/m1/s1. The number of rotatable bonds is 2. The fraction of sp³-hybridized carbons (Fsp3) is 0.571. The summed E-state index contributed by atoms with van der Waals surface area (Å²) in [6.45, 7) is 0. The van der Waals surface area contributed by atoms with E-state index in [-0.39, 0.29) is 5.69 Å². The van der Waals surface area contributed by atoms with Crippen LogP contribution in [0.4, 0.5) is 0 Å². The quantitative estimate of drug-likeness (QED) is 0.757. The van der Waals surface area contributed by atoms with Crippen molar-refractivity contribution in [1.82, 2.24) is 15.0 Å². The number of hydrogen-bond acceptors (Lipinski definition) is 4. The van der Waals surface area contributed by atoms with Crippen LogP contribution in [0.2, 0.25) is 0 Å². The summed E-state index contributed by atoms with van der Waals surface area (Å²) >= 11 is 1.86. The molecule has 13 heavy (non-hydrogen) atoms. The van der Waals surface area contributed by atoms with Crippen LogP contribution in [0.25, 0.3) is 0 Å². The number of carbonyl (C=O) groups is 1. The molecule has 1 fully saturated rings. The van der Waals surface area contributed by atoms with E-state index in [1.165, 1.54) is 6.20 Å². The van der Waals surface area contributed by atoms with Gasteiger partial charge in [0, 0.05) is 5.75 Å². The van der Waals surface area contributed by atoms with Crippen molar-refractivity contribution in [2.75, 3.05) is 11.5 Å². The average molecular weight is 199 g/mol. The van der Waals surface area contributed by atoms with Gasteiger partial charge in [0.05, 0.1) is 12.2 Å². The lowest BCUT2D eigenvalue weighted by molar-refractivity contribution is 0.0690. The van der Waals surface area contributed by atoms with E-state index in [0.717, 1.165) is 17.9 Å². The summed E-state index contributed by atoms with van der Waals surface area (Å²) in [7, 11) is 0. The van der Waals surface area contributed by atoms with Gasteiger partial charge in [0.2, 0.25) is 0 Å². The van der Waals surface area contributed by atoms with Gasteiger partial charge in [-0.15, -0.1) is 5.10 Å². The summed E-state index contributed by atoms with van der Waals surface area (Å²) in [5.41, 5.74) is 0.0249. The van der Waals surface area contributed by atoms with Gasteiger partial charge in [0.15, 0.2) is 5.69 Å². The Morgan fingerprint density at radius 3 is 3.15 bits per heavy atom. The number of nitrogens with zero attached hydrogens (tertiary/aromatic N) is 3. The Kier molecular flexibility index (Phi) is 2.22. The molecule has 2 rings (SSSR count). The molecule has 0 saturated carbocycles. The molecular formula is C7H9N3O2S. The fourth-order valence-corrected chi connectivity index (χ4v) is 2.48. The number of hydrogen-bond donors (Lipinski definition) is 1. The number of carboxylic acid groups (broad SMARTS) is 1. The molecule has 70 valence electrons. The SMILES string of the molecule is O=C(O)c1cn([C@@H]2CCSC2)nn1. The van der Waals surface area contributed by atoms with Gasteiger partial charge in [-0.05, 0) is 12.2 Å². The van der Waals surface area contributed by atoms with Crippen LogP contribution in [-0.4, -0.2) is 37.6 Å². The summed E-state index contributed by atoms with van der Waals surface area (Å²) in [6, 6.07) is 0.325. The van der Waals surface area contributed by atoms with Crippen LogP contribution in [0.3, 0.4) is 0 Å². The molecule has 1 aliphatic rings. The zero-order chi connectivity index (χ0) is 9.26. The average Bonchev–Trinajstić information content (AvgIpc) is 2.75. The van der Waals surface area contributed by atoms with Gasteiger partial charge in [-0.25, -0.2) is 9.48 Å². The summed E-state index contributed by atoms with van der Waals surface area (Å²) in [5, 5.41) is 16.0. The van der Waals surface area contributed by atoms with Crippen LogP contribution in [0.15, 0.2) is 6.20 Å². The first-order valence-electron chi connectivity index (χ1n) is 4.00. The van der Waals surface area contributed by atoms with Gasteiger partial charge in [-0.1, -0.05) is 5.21 Å². The molecule has 0 bridgehead atoms. The highest BCUT2D eigenvalue weighted by Crippen LogP contribution is 2.26. The first-order valence-corrected chi connectivity index (χ1v) is 5.15.